The molecule has 1 aromatic carbocycles. The summed E-state index contributed by atoms with van der Waals surface area (Å²) in [6.07, 6.45) is 0.786. The maximum Gasteiger partial charge on any atom is 0.133 e. The van der Waals surface area contributed by atoms with Crippen LogP contribution >= 0.6 is 0 Å². The second kappa shape index (κ2) is 7.59. The van der Waals surface area contributed by atoms with Crippen molar-refractivity contribution < 1.29 is 0 Å². The molecule has 3 heteroatoms. The topological polar surface area (TPSA) is 39.1 Å². The van der Waals surface area contributed by atoms with Crippen LogP contribution in [-0.2, 0) is 5.54 Å². The van der Waals surface area contributed by atoms with Crippen LogP contribution in [0.4, 0.5) is 0 Å². The van der Waals surface area contributed by atoms with Crippen LogP contribution in [0.1, 0.15) is 39.7 Å². The number of benzene rings is 1. The highest BCUT2D eigenvalue weighted by atomic mass is 15.1. The minimum Gasteiger partial charge on any atom is -0.306 e. The van der Waals surface area contributed by atoms with Gasteiger partial charge in [-0.1, -0.05) is 58.0 Å². The first-order valence-corrected chi connectivity index (χ1v) is 7.73. The van der Waals surface area contributed by atoms with Gasteiger partial charge in [0, 0.05) is 13.1 Å². The van der Waals surface area contributed by atoms with E-state index in [9.17, 15) is 5.26 Å². The average molecular weight is 287 g/mol. The zero-order valence-corrected chi connectivity index (χ0v) is 14.1. The molecule has 3 nitrogen and oxygen atoms in total. The van der Waals surface area contributed by atoms with Crippen LogP contribution in [-0.4, -0.2) is 31.6 Å². The molecule has 116 valence electrons. The van der Waals surface area contributed by atoms with Crippen molar-refractivity contribution >= 4 is 0 Å². The highest BCUT2D eigenvalue weighted by Gasteiger charge is 2.31. The third-order valence-electron chi connectivity index (χ3n) is 3.55. The summed E-state index contributed by atoms with van der Waals surface area (Å²) in [5.74, 6) is 0. The van der Waals surface area contributed by atoms with Gasteiger partial charge in [-0.05, 0) is 31.0 Å². The van der Waals surface area contributed by atoms with Gasteiger partial charge in [0.15, 0.2) is 0 Å². The van der Waals surface area contributed by atoms with Gasteiger partial charge in [0.05, 0.1) is 6.07 Å². The molecule has 0 aliphatic heterocycles. The molecular weight excluding hydrogens is 258 g/mol. The molecule has 0 amide bonds. The molecule has 0 saturated carbocycles. The van der Waals surface area contributed by atoms with E-state index in [4.69, 9.17) is 0 Å². The third kappa shape index (κ3) is 5.49. The lowest BCUT2D eigenvalue weighted by atomic mass is 9.87. The molecular formula is C18H29N3. The number of nitriles is 1. The van der Waals surface area contributed by atoms with E-state index in [0.29, 0.717) is 0 Å². The number of rotatable bonds is 7. The molecule has 0 saturated heterocycles. The predicted molar refractivity (Wildman–Crippen MR) is 89.0 cm³/mol. The minimum atomic E-state index is -0.595. The second-order valence-electron chi connectivity index (χ2n) is 6.96. The Balaban J connectivity index is 2.83. The summed E-state index contributed by atoms with van der Waals surface area (Å²) in [6.45, 7) is 11.5. The van der Waals surface area contributed by atoms with Gasteiger partial charge in [-0.25, -0.2) is 0 Å². The summed E-state index contributed by atoms with van der Waals surface area (Å²) in [5.41, 5.74) is 0.732. The fourth-order valence-electron chi connectivity index (χ4n) is 2.77. The van der Waals surface area contributed by atoms with E-state index in [1.807, 2.05) is 37.3 Å². The summed E-state index contributed by atoms with van der Waals surface area (Å²) in [7, 11) is 2.13. The van der Waals surface area contributed by atoms with Crippen molar-refractivity contribution in [3.63, 3.8) is 0 Å². The zero-order valence-electron chi connectivity index (χ0n) is 14.1. The summed E-state index contributed by atoms with van der Waals surface area (Å²) in [6, 6.07) is 12.6. The van der Waals surface area contributed by atoms with Crippen LogP contribution < -0.4 is 5.32 Å². The van der Waals surface area contributed by atoms with Crippen LogP contribution in [0.15, 0.2) is 30.3 Å². The Labute approximate surface area is 130 Å². The normalized spacial score (nSPS) is 14.7. The van der Waals surface area contributed by atoms with Gasteiger partial charge in [0.2, 0.25) is 0 Å². The Morgan fingerprint density at radius 3 is 2.29 bits per heavy atom. The van der Waals surface area contributed by atoms with E-state index in [0.717, 1.165) is 31.6 Å². The quantitative estimate of drug-likeness (QED) is 0.835. The van der Waals surface area contributed by atoms with E-state index in [1.54, 1.807) is 0 Å². The predicted octanol–water partition coefficient (Wildman–Crippen LogP) is 3.38. The van der Waals surface area contributed by atoms with E-state index in [-0.39, 0.29) is 5.41 Å². The van der Waals surface area contributed by atoms with Gasteiger partial charge in [-0.15, -0.1) is 0 Å². The molecule has 1 N–H and O–H groups in total. The van der Waals surface area contributed by atoms with Crippen molar-refractivity contribution in [1.29, 1.82) is 5.26 Å². The first-order valence-electron chi connectivity index (χ1n) is 7.73. The lowest BCUT2D eigenvalue weighted by Crippen LogP contribution is -2.44. The number of hydrogen-bond donors (Lipinski definition) is 1. The zero-order chi connectivity index (χ0) is 15.9. The first-order chi connectivity index (χ1) is 9.83. The Kier molecular flexibility index (Phi) is 6.39. The molecule has 1 rings (SSSR count). The molecule has 0 radical (unpaired) electrons. The lowest BCUT2D eigenvalue weighted by molar-refractivity contribution is 0.208. The Bertz CT molecular complexity index is 456. The molecule has 0 bridgehead atoms. The fourth-order valence-corrected chi connectivity index (χ4v) is 2.77. The van der Waals surface area contributed by atoms with Crippen molar-refractivity contribution in [2.24, 2.45) is 5.41 Å². The van der Waals surface area contributed by atoms with Gasteiger partial charge >= 0.3 is 0 Å². The number of nitrogens with zero attached hydrogens (tertiary/aromatic N) is 2. The maximum atomic E-state index is 9.78. The van der Waals surface area contributed by atoms with Crippen molar-refractivity contribution in [3.05, 3.63) is 35.9 Å². The van der Waals surface area contributed by atoms with E-state index >= 15 is 0 Å². The fraction of sp³-hybridized carbons (Fsp3) is 0.611. The van der Waals surface area contributed by atoms with Gasteiger partial charge in [0.25, 0.3) is 0 Å². The summed E-state index contributed by atoms with van der Waals surface area (Å²) < 4.78 is 0. The monoisotopic (exact) mass is 287 g/mol. The highest BCUT2D eigenvalue weighted by Crippen LogP contribution is 2.25. The molecule has 0 fully saturated rings. The Hall–Kier alpha value is -1.37. The number of nitrogens with one attached hydrogen (secondary N) is 1. The number of hydrogen-bond acceptors (Lipinski definition) is 3. The molecule has 0 aliphatic rings. The van der Waals surface area contributed by atoms with Gasteiger partial charge < -0.3 is 4.90 Å². The average Bonchev–Trinajstić information content (AvgIpc) is 2.43. The van der Waals surface area contributed by atoms with Crippen LogP contribution in [0, 0.1) is 16.7 Å². The highest BCUT2D eigenvalue weighted by molar-refractivity contribution is 5.31. The largest absolute Gasteiger partial charge is 0.306 e. The Morgan fingerprint density at radius 2 is 1.81 bits per heavy atom. The molecule has 0 aromatic heterocycles. The summed E-state index contributed by atoms with van der Waals surface area (Å²) in [5, 5.41) is 13.2. The molecule has 1 atom stereocenters. The smallest absolute Gasteiger partial charge is 0.133 e. The maximum absolute atomic E-state index is 9.78. The first kappa shape index (κ1) is 17.7. The second-order valence-corrected chi connectivity index (χ2v) is 6.96. The van der Waals surface area contributed by atoms with Crippen molar-refractivity contribution in [3.8, 4) is 6.07 Å². The molecule has 0 heterocycles. The standard InChI is InChI=1S/C18H29N3/c1-6-20-18(14-19,16-10-8-7-9-11-16)12-13-21(5)15-17(2,3)4/h7-11,20H,6,12-13,15H2,1-5H3. The van der Waals surface area contributed by atoms with Crippen LogP contribution in [0.25, 0.3) is 0 Å². The Morgan fingerprint density at radius 1 is 1.19 bits per heavy atom. The molecule has 0 spiro atoms. The minimum absolute atomic E-state index is 0.273. The van der Waals surface area contributed by atoms with E-state index in [1.165, 1.54) is 0 Å². The van der Waals surface area contributed by atoms with Gasteiger partial charge in [0.1, 0.15) is 5.54 Å². The molecule has 1 aromatic rings. The van der Waals surface area contributed by atoms with Crippen LogP contribution in [0.3, 0.4) is 0 Å². The molecule has 0 aliphatic carbocycles. The summed E-state index contributed by atoms with van der Waals surface area (Å²) >= 11 is 0. The molecule has 21 heavy (non-hydrogen) atoms. The van der Waals surface area contributed by atoms with Crippen molar-refractivity contribution in [2.45, 2.75) is 39.7 Å². The van der Waals surface area contributed by atoms with Crippen molar-refractivity contribution in [2.75, 3.05) is 26.7 Å². The SMILES string of the molecule is CCNC(C#N)(CCN(C)CC(C)(C)C)c1ccccc1. The van der Waals surface area contributed by atoms with Crippen molar-refractivity contribution in [1.82, 2.24) is 10.2 Å². The molecule has 1 unspecified atom stereocenters. The van der Waals surface area contributed by atoms with Crippen LogP contribution in [0.2, 0.25) is 0 Å². The lowest BCUT2D eigenvalue weighted by Gasteiger charge is -2.32. The van der Waals surface area contributed by atoms with Gasteiger partial charge in [-0.3, -0.25) is 5.32 Å². The summed E-state index contributed by atoms with van der Waals surface area (Å²) in [4.78, 5) is 2.31. The van der Waals surface area contributed by atoms with E-state index < -0.39 is 5.54 Å². The van der Waals surface area contributed by atoms with E-state index in [2.05, 4.69) is 44.1 Å². The van der Waals surface area contributed by atoms with Gasteiger partial charge in [-0.2, -0.15) is 5.26 Å². The third-order valence-corrected chi connectivity index (χ3v) is 3.55. The van der Waals surface area contributed by atoms with Crippen LogP contribution in [0.5, 0.6) is 0 Å².